The SMILES string of the molecule is O=C1OC(=O)O[C@@H]2CCC[C@@H]2O1. The first kappa shape index (κ1) is 7.39. The number of hydrogen-bond donors (Lipinski definition) is 0. The Morgan fingerprint density at radius 3 is 2.00 bits per heavy atom. The van der Waals surface area contributed by atoms with Crippen LogP contribution >= 0.6 is 0 Å². The third-order valence-corrected chi connectivity index (χ3v) is 2.05. The first-order valence-corrected chi connectivity index (χ1v) is 3.85. The Morgan fingerprint density at radius 2 is 1.50 bits per heavy atom. The van der Waals surface area contributed by atoms with E-state index in [0.29, 0.717) is 0 Å². The molecular weight excluding hydrogens is 164 g/mol. The van der Waals surface area contributed by atoms with Crippen LogP contribution in [-0.2, 0) is 14.2 Å². The number of carbonyl (C=O) groups excluding carboxylic acids is 2. The van der Waals surface area contributed by atoms with E-state index < -0.39 is 12.3 Å². The van der Waals surface area contributed by atoms with Gasteiger partial charge in [-0.15, -0.1) is 0 Å². The zero-order valence-electron chi connectivity index (χ0n) is 6.32. The van der Waals surface area contributed by atoms with Crippen LogP contribution in [-0.4, -0.2) is 24.5 Å². The molecule has 0 aromatic heterocycles. The van der Waals surface area contributed by atoms with Gasteiger partial charge in [0, 0.05) is 0 Å². The lowest BCUT2D eigenvalue weighted by atomic mass is 10.3. The monoisotopic (exact) mass is 172 g/mol. The molecule has 2 fully saturated rings. The van der Waals surface area contributed by atoms with Gasteiger partial charge in [0.05, 0.1) is 0 Å². The average molecular weight is 172 g/mol. The Bertz CT molecular complexity index is 202. The van der Waals surface area contributed by atoms with E-state index in [1.807, 2.05) is 0 Å². The largest absolute Gasteiger partial charge is 0.518 e. The van der Waals surface area contributed by atoms with Gasteiger partial charge in [0.15, 0.2) is 0 Å². The Hall–Kier alpha value is -1.26. The highest BCUT2D eigenvalue weighted by atomic mass is 16.8. The third kappa shape index (κ3) is 1.22. The summed E-state index contributed by atoms with van der Waals surface area (Å²) in [5, 5.41) is 0. The van der Waals surface area contributed by atoms with Crippen LogP contribution in [0, 0.1) is 0 Å². The van der Waals surface area contributed by atoms with Gasteiger partial charge in [-0.3, -0.25) is 0 Å². The van der Waals surface area contributed by atoms with Crippen LogP contribution in [0.2, 0.25) is 0 Å². The van der Waals surface area contributed by atoms with Crippen molar-refractivity contribution in [1.82, 2.24) is 0 Å². The molecule has 1 saturated carbocycles. The molecule has 0 unspecified atom stereocenters. The second kappa shape index (κ2) is 2.66. The summed E-state index contributed by atoms with van der Waals surface area (Å²) in [6.07, 6.45) is -0.104. The van der Waals surface area contributed by atoms with E-state index in [1.54, 1.807) is 0 Å². The van der Waals surface area contributed by atoms with Crippen LogP contribution < -0.4 is 0 Å². The molecule has 66 valence electrons. The molecule has 2 rings (SSSR count). The lowest BCUT2D eigenvalue weighted by Gasteiger charge is -2.12. The van der Waals surface area contributed by atoms with Crippen molar-refractivity contribution in [3.63, 3.8) is 0 Å². The fraction of sp³-hybridized carbons (Fsp3) is 0.714. The normalized spacial score (nSPS) is 34.3. The minimum atomic E-state index is -0.950. The summed E-state index contributed by atoms with van der Waals surface area (Å²) in [5.74, 6) is 0. The summed E-state index contributed by atoms with van der Waals surface area (Å²) in [6.45, 7) is 0. The molecule has 0 radical (unpaired) electrons. The predicted molar refractivity (Wildman–Crippen MR) is 35.5 cm³/mol. The van der Waals surface area contributed by atoms with Gasteiger partial charge >= 0.3 is 12.3 Å². The van der Waals surface area contributed by atoms with Crippen LogP contribution in [0.1, 0.15) is 19.3 Å². The molecule has 2 atom stereocenters. The van der Waals surface area contributed by atoms with Gasteiger partial charge in [-0.05, 0) is 19.3 Å². The molecule has 2 aliphatic rings. The molecule has 0 aromatic carbocycles. The molecule has 0 spiro atoms. The van der Waals surface area contributed by atoms with E-state index in [0.717, 1.165) is 19.3 Å². The predicted octanol–water partition coefficient (Wildman–Crippen LogP) is 1.21. The first-order valence-electron chi connectivity index (χ1n) is 3.85. The highest BCUT2D eigenvalue weighted by Crippen LogP contribution is 2.27. The number of ether oxygens (including phenoxy) is 3. The summed E-state index contributed by atoms with van der Waals surface area (Å²) < 4.78 is 13.7. The molecule has 5 nitrogen and oxygen atoms in total. The number of fused-ring (bicyclic) bond motifs is 1. The van der Waals surface area contributed by atoms with Gasteiger partial charge in [0.25, 0.3) is 0 Å². The summed E-state index contributed by atoms with van der Waals surface area (Å²) in [5.41, 5.74) is 0. The topological polar surface area (TPSA) is 61.8 Å². The zero-order chi connectivity index (χ0) is 8.55. The summed E-state index contributed by atoms with van der Waals surface area (Å²) in [4.78, 5) is 21.4. The highest BCUT2D eigenvalue weighted by molar-refractivity contribution is 5.77. The van der Waals surface area contributed by atoms with Gasteiger partial charge in [0.2, 0.25) is 0 Å². The molecule has 0 aromatic rings. The molecule has 0 amide bonds. The fourth-order valence-corrected chi connectivity index (χ4v) is 1.52. The first-order chi connectivity index (χ1) is 5.75. The maximum Gasteiger partial charge on any atom is 0.518 e. The van der Waals surface area contributed by atoms with Gasteiger partial charge < -0.3 is 14.2 Å². The summed E-state index contributed by atoms with van der Waals surface area (Å²) in [6, 6.07) is 0. The van der Waals surface area contributed by atoms with E-state index >= 15 is 0 Å². The van der Waals surface area contributed by atoms with Crippen molar-refractivity contribution >= 4 is 12.3 Å². The molecular formula is C7H8O5. The molecule has 0 N–H and O–H groups in total. The lowest BCUT2D eigenvalue weighted by Crippen LogP contribution is -2.24. The van der Waals surface area contributed by atoms with Gasteiger partial charge in [-0.2, -0.15) is 0 Å². The summed E-state index contributed by atoms with van der Waals surface area (Å²) >= 11 is 0. The standard InChI is InChI=1S/C7H8O5/c8-6-10-4-2-1-3-5(4)11-7(9)12-6/h4-5H,1-3H2/t4-,5+. The smallest absolute Gasteiger partial charge is 0.427 e. The maximum absolute atomic E-state index is 10.7. The van der Waals surface area contributed by atoms with Crippen LogP contribution in [0.4, 0.5) is 9.59 Å². The van der Waals surface area contributed by atoms with Crippen molar-refractivity contribution < 1.29 is 23.8 Å². The molecule has 1 aliphatic heterocycles. The van der Waals surface area contributed by atoms with E-state index in [4.69, 9.17) is 9.47 Å². The minimum Gasteiger partial charge on any atom is -0.427 e. The average Bonchev–Trinajstić information content (AvgIpc) is 2.31. The van der Waals surface area contributed by atoms with Crippen molar-refractivity contribution in [3.05, 3.63) is 0 Å². The van der Waals surface area contributed by atoms with Crippen molar-refractivity contribution in [2.75, 3.05) is 0 Å². The molecule has 1 heterocycles. The molecule has 1 aliphatic carbocycles. The van der Waals surface area contributed by atoms with Crippen LogP contribution in [0.5, 0.6) is 0 Å². The second-order valence-corrected chi connectivity index (χ2v) is 2.85. The Balaban J connectivity index is 2.12. The van der Waals surface area contributed by atoms with Gasteiger partial charge in [0.1, 0.15) is 12.2 Å². The molecule has 0 bridgehead atoms. The maximum atomic E-state index is 10.7. The lowest BCUT2D eigenvalue weighted by molar-refractivity contribution is 0.0330. The fourth-order valence-electron chi connectivity index (χ4n) is 1.52. The number of rotatable bonds is 0. The van der Waals surface area contributed by atoms with Crippen LogP contribution in [0.15, 0.2) is 0 Å². The molecule has 12 heavy (non-hydrogen) atoms. The zero-order valence-corrected chi connectivity index (χ0v) is 6.32. The molecule has 5 heteroatoms. The quantitative estimate of drug-likeness (QED) is 0.406. The number of carbonyl (C=O) groups is 2. The van der Waals surface area contributed by atoms with Crippen molar-refractivity contribution in [1.29, 1.82) is 0 Å². The minimum absolute atomic E-state index is 0.302. The van der Waals surface area contributed by atoms with E-state index in [9.17, 15) is 9.59 Å². The van der Waals surface area contributed by atoms with Crippen LogP contribution in [0.25, 0.3) is 0 Å². The van der Waals surface area contributed by atoms with E-state index in [2.05, 4.69) is 4.74 Å². The van der Waals surface area contributed by atoms with Crippen molar-refractivity contribution in [2.45, 2.75) is 31.5 Å². The molecule has 1 saturated heterocycles. The van der Waals surface area contributed by atoms with E-state index in [-0.39, 0.29) is 12.2 Å². The van der Waals surface area contributed by atoms with E-state index in [1.165, 1.54) is 0 Å². The Labute approximate surface area is 68.6 Å². The third-order valence-electron chi connectivity index (χ3n) is 2.05. The van der Waals surface area contributed by atoms with Crippen LogP contribution in [0.3, 0.4) is 0 Å². The van der Waals surface area contributed by atoms with Crippen molar-refractivity contribution in [3.8, 4) is 0 Å². The Morgan fingerprint density at radius 1 is 1.00 bits per heavy atom. The Kier molecular flexibility index (Phi) is 1.64. The van der Waals surface area contributed by atoms with Gasteiger partial charge in [-0.25, -0.2) is 9.59 Å². The highest BCUT2D eigenvalue weighted by Gasteiger charge is 2.38. The van der Waals surface area contributed by atoms with Crippen molar-refractivity contribution in [2.24, 2.45) is 0 Å². The number of hydrogen-bond acceptors (Lipinski definition) is 5. The summed E-state index contributed by atoms with van der Waals surface area (Å²) in [7, 11) is 0. The van der Waals surface area contributed by atoms with Gasteiger partial charge in [-0.1, -0.05) is 0 Å². The number of cyclic esters (lactones) is 2. The second-order valence-electron chi connectivity index (χ2n) is 2.85.